The Balaban J connectivity index is 1.01. The molecule has 46 heavy (non-hydrogen) atoms. The minimum atomic E-state index is -0.0579. The predicted molar refractivity (Wildman–Crippen MR) is 190 cm³/mol. The molecule has 0 aromatic heterocycles. The van der Waals surface area contributed by atoms with E-state index in [9.17, 15) is 9.59 Å². The van der Waals surface area contributed by atoms with Crippen LogP contribution in [0, 0.1) is 19.8 Å². The third-order valence-electron chi connectivity index (χ3n) is 9.15. The molecule has 1 N–H and O–H groups in total. The van der Waals surface area contributed by atoms with Crippen molar-refractivity contribution in [2.24, 2.45) is 5.92 Å². The van der Waals surface area contributed by atoms with Crippen molar-refractivity contribution in [2.75, 3.05) is 31.1 Å². The Bertz CT molecular complexity index is 1690. The molecule has 0 saturated carbocycles. The van der Waals surface area contributed by atoms with E-state index in [1.165, 1.54) is 47.7 Å². The molecule has 0 spiro atoms. The molecule has 2 aliphatic rings. The molecule has 0 unspecified atom stereocenters. The molecule has 6 rings (SSSR count). The first-order chi connectivity index (χ1) is 22.4. The highest BCUT2D eigenvalue weighted by atomic mass is 32.2. The van der Waals surface area contributed by atoms with Gasteiger partial charge in [0.05, 0.1) is 17.1 Å². The topological polar surface area (TPSA) is 52.7 Å². The van der Waals surface area contributed by atoms with E-state index < -0.39 is 0 Å². The van der Waals surface area contributed by atoms with E-state index in [1.54, 1.807) is 0 Å². The maximum absolute atomic E-state index is 13.8. The second-order valence-electron chi connectivity index (χ2n) is 12.6. The van der Waals surface area contributed by atoms with Gasteiger partial charge in [-0.3, -0.25) is 9.59 Å². The number of aryl methyl sites for hydroxylation is 2. The van der Waals surface area contributed by atoms with Gasteiger partial charge in [-0.05, 0) is 118 Å². The first kappa shape index (κ1) is 31.8. The minimum Gasteiger partial charge on any atom is -0.352 e. The minimum absolute atomic E-state index is 0.00755. The number of carbonyl (C=O) groups excluding carboxylic acids is 2. The second kappa shape index (κ2) is 15.0. The van der Waals surface area contributed by atoms with Crippen molar-refractivity contribution in [1.82, 2.24) is 10.2 Å². The van der Waals surface area contributed by atoms with Crippen LogP contribution in [-0.2, 0) is 17.8 Å². The molecule has 2 heterocycles. The third kappa shape index (κ3) is 7.98. The number of fused-ring (bicyclic) bond motifs is 1. The molecule has 5 nitrogen and oxygen atoms in total. The molecule has 6 heteroatoms. The van der Waals surface area contributed by atoms with Gasteiger partial charge in [0.25, 0.3) is 11.8 Å². The second-order valence-corrected chi connectivity index (χ2v) is 13.7. The maximum Gasteiger partial charge on any atom is 0.265 e. The van der Waals surface area contributed by atoms with Crippen LogP contribution in [0.4, 0.5) is 5.69 Å². The highest BCUT2D eigenvalue weighted by molar-refractivity contribution is 8.04. The Labute approximate surface area is 277 Å². The van der Waals surface area contributed by atoms with E-state index in [4.69, 9.17) is 0 Å². The molecule has 0 bridgehead atoms. The van der Waals surface area contributed by atoms with Gasteiger partial charge in [0.2, 0.25) is 0 Å². The number of rotatable bonds is 10. The Morgan fingerprint density at radius 2 is 1.65 bits per heavy atom. The summed E-state index contributed by atoms with van der Waals surface area (Å²) < 4.78 is 0. The zero-order chi connectivity index (χ0) is 31.9. The number of piperidine rings is 1. The standard InChI is InChI=1S/C40H43N3O2S/c1-29-13-14-30(2)35(25-29)28-43-36-11-6-7-12-37(36)46-38(40(43)45)27-32-15-17-34(18-16-32)39(44)41-21-8-22-42-23-19-33(20-24-42)26-31-9-4-3-5-10-31/h3-7,9-18,25,27,33H,8,19-24,26,28H2,1-2H3,(H,41,44). The van der Waals surface area contributed by atoms with Crippen LogP contribution in [0.2, 0.25) is 0 Å². The number of benzene rings is 4. The van der Waals surface area contributed by atoms with Gasteiger partial charge in [-0.25, -0.2) is 0 Å². The van der Waals surface area contributed by atoms with Crippen LogP contribution in [0.5, 0.6) is 0 Å². The summed E-state index contributed by atoms with van der Waals surface area (Å²) in [7, 11) is 0. The van der Waals surface area contributed by atoms with Crippen LogP contribution < -0.4 is 10.2 Å². The van der Waals surface area contributed by atoms with E-state index in [2.05, 4.69) is 78.7 Å². The van der Waals surface area contributed by atoms with Crippen molar-refractivity contribution < 1.29 is 9.59 Å². The lowest BCUT2D eigenvalue weighted by molar-refractivity contribution is -0.114. The average Bonchev–Trinajstić information content (AvgIpc) is 3.08. The van der Waals surface area contributed by atoms with Crippen LogP contribution in [0.15, 0.2) is 107 Å². The molecule has 4 aromatic carbocycles. The van der Waals surface area contributed by atoms with Gasteiger partial charge in [0, 0.05) is 17.0 Å². The van der Waals surface area contributed by atoms with E-state index in [-0.39, 0.29) is 11.8 Å². The van der Waals surface area contributed by atoms with Gasteiger partial charge in [-0.2, -0.15) is 0 Å². The molecule has 2 amide bonds. The summed E-state index contributed by atoms with van der Waals surface area (Å²) in [6.45, 7) is 8.64. The average molecular weight is 630 g/mol. The number of nitrogens with one attached hydrogen (secondary N) is 1. The van der Waals surface area contributed by atoms with Gasteiger partial charge >= 0.3 is 0 Å². The Morgan fingerprint density at radius 3 is 2.43 bits per heavy atom. The van der Waals surface area contributed by atoms with E-state index >= 15 is 0 Å². The number of hydrogen-bond donors (Lipinski definition) is 1. The molecule has 236 valence electrons. The summed E-state index contributed by atoms with van der Waals surface area (Å²) in [6, 6.07) is 32.8. The lowest BCUT2D eigenvalue weighted by Crippen LogP contribution is -2.36. The van der Waals surface area contributed by atoms with Crippen molar-refractivity contribution in [3.63, 3.8) is 0 Å². The summed E-state index contributed by atoms with van der Waals surface area (Å²) in [4.78, 5) is 32.8. The number of thioether (sulfide) groups is 1. The number of carbonyl (C=O) groups is 2. The Hall–Kier alpha value is -4.13. The molecule has 4 aromatic rings. The molecule has 0 aliphatic carbocycles. The van der Waals surface area contributed by atoms with Crippen LogP contribution in [0.1, 0.15) is 57.4 Å². The Kier molecular flexibility index (Phi) is 10.4. The van der Waals surface area contributed by atoms with Crippen molar-refractivity contribution >= 4 is 35.3 Å². The lowest BCUT2D eigenvalue weighted by Gasteiger charge is -2.32. The van der Waals surface area contributed by atoms with Crippen LogP contribution in [0.3, 0.4) is 0 Å². The molecule has 1 fully saturated rings. The fourth-order valence-corrected chi connectivity index (χ4v) is 7.47. The fraction of sp³-hybridized carbons (Fsp3) is 0.300. The quantitative estimate of drug-likeness (QED) is 0.142. The highest BCUT2D eigenvalue weighted by Crippen LogP contribution is 2.42. The van der Waals surface area contributed by atoms with Gasteiger partial charge in [-0.1, -0.05) is 90.1 Å². The number of amides is 2. The third-order valence-corrected chi connectivity index (χ3v) is 10.2. The van der Waals surface area contributed by atoms with Gasteiger partial charge in [-0.15, -0.1) is 0 Å². The van der Waals surface area contributed by atoms with Gasteiger partial charge in [0.1, 0.15) is 0 Å². The van der Waals surface area contributed by atoms with Gasteiger partial charge in [0.15, 0.2) is 0 Å². The predicted octanol–water partition coefficient (Wildman–Crippen LogP) is 8.06. The van der Waals surface area contributed by atoms with E-state index in [1.807, 2.05) is 53.4 Å². The molecule has 0 radical (unpaired) electrons. The zero-order valence-corrected chi connectivity index (χ0v) is 27.7. The summed E-state index contributed by atoms with van der Waals surface area (Å²) in [5.74, 6) is 0.703. The van der Waals surface area contributed by atoms with Crippen LogP contribution in [0.25, 0.3) is 6.08 Å². The first-order valence-electron chi connectivity index (χ1n) is 16.4. The number of likely N-dealkylation sites (tertiary alicyclic amines) is 1. The SMILES string of the molecule is Cc1ccc(C)c(CN2C(=O)C(=Cc3ccc(C(=O)NCCCN4CCC(Cc5ccccc5)CC4)cc3)Sc3ccccc32)c1. The summed E-state index contributed by atoms with van der Waals surface area (Å²) in [5.41, 5.74) is 7.41. The zero-order valence-electron chi connectivity index (χ0n) is 26.9. The van der Waals surface area contributed by atoms with E-state index in [0.717, 1.165) is 53.7 Å². The lowest BCUT2D eigenvalue weighted by atomic mass is 9.90. The molecule has 1 saturated heterocycles. The first-order valence-corrected chi connectivity index (χ1v) is 17.3. The largest absolute Gasteiger partial charge is 0.352 e. The van der Waals surface area contributed by atoms with Crippen molar-refractivity contribution in [3.8, 4) is 0 Å². The fourth-order valence-electron chi connectivity index (χ4n) is 6.41. The van der Waals surface area contributed by atoms with Crippen molar-refractivity contribution in [1.29, 1.82) is 0 Å². The number of anilines is 1. The number of hydrogen-bond acceptors (Lipinski definition) is 4. The van der Waals surface area contributed by atoms with Gasteiger partial charge < -0.3 is 15.1 Å². The van der Waals surface area contributed by atoms with Crippen LogP contribution in [-0.4, -0.2) is 42.9 Å². The normalized spacial score (nSPS) is 16.4. The summed E-state index contributed by atoms with van der Waals surface area (Å²) >= 11 is 1.50. The number of para-hydroxylation sites is 1. The summed E-state index contributed by atoms with van der Waals surface area (Å²) in [6.07, 6.45) is 6.54. The molecular weight excluding hydrogens is 587 g/mol. The van der Waals surface area contributed by atoms with Crippen LogP contribution >= 0.6 is 11.8 Å². The molecular formula is C40H43N3O2S. The van der Waals surface area contributed by atoms with E-state index in [0.29, 0.717) is 23.6 Å². The molecule has 2 aliphatic heterocycles. The monoisotopic (exact) mass is 629 g/mol. The summed E-state index contributed by atoms with van der Waals surface area (Å²) in [5, 5.41) is 3.09. The van der Waals surface area contributed by atoms with Crippen molar-refractivity contribution in [3.05, 3.63) is 135 Å². The number of nitrogens with zero attached hydrogens (tertiary/aromatic N) is 2. The highest BCUT2D eigenvalue weighted by Gasteiger charge is 2.29. The Morgan fingerprint density at radius 1 is 0.913 bits per heavy atom. The van der Waals surface area contributed by atoms with Crippen molar-refractivity contribution in [2.45, 2.75) is 51.0 Å². The molecule has 0 atom stereocenters. The smallest absolute Gasteiger partial charge is 0.265 e. The maximum atomic E-state index is 13.8.